The topological polar surface area (TPSA) is 65.7 Å². The minimum atomic E-state index is -0.242. The fourth-order valence-electron chi connectivity index (χ4n) is 2.48. The van der Waals surface area contributed by atoms with Crippen molar-refractivity contribution in [3.63, 3.8) is 0 Å². The SMILES string of the molecule is O=c1c2cc(O)c(O)cc2sn1CCN1CCCC1. The minimum Gasteiger partial charge on any atom is -0.504 e. The predicted molar refractivity (Wildman–Crippen MR) is 75.1 cm³/mol. The number of phenolic OH excluding ortho intramolecular Hbond substituents is 2. The fourth-order valence-corrected chi connectivity index (χ4v) is 3.48. The van der Waals surface area contributed by atoms with E-state index in [0.717, 1.165) is 19.6 Å². The molecule has 102 valence electrons. The Labute approximate surface area is 114 Å². The lowest BCUT2D eigenvalue weighted by atomic mass is 10.2. The van der Waals surface area contributed by atoms with Crippen LogP contribution in [0.25, 0.3) is 10.1 Å². The lowest BCUT2D eigenvalue weighted by Crippen LogP contribution is -2.26. The zero-order valence-electron chi connectivity index (χ0n) is 10.5. The molecule has 0 aliphatic carbocycles. The highest BCUT2D eigenvalue weighted by atomic mass is 32.1. The Kier molecular flexibility index (Phi) is 3.20. The van der Waals surface area contributed by atoms with Gasteiger partial charge in [-0.1, -0.05) is 11.5 Å². The number of nitrogens with zero attached hydrogens (tertiary/aromatic N) is 2. The number of aromatic hydroxyl groups is 2. The van der Waals surface area contributed by atoms with Crippen LogP contribution < -0.4 is 5.56 Å². The molecule has 1 saturated heterocycles. The number of rotatable bonds is 3. The summed E-state index contributed by atoms with van der Waals surface area (Å²) in [5.41, 5.74) is -0.0884. The second kappa shape index (κ2) is 4.86. The van der Waals surface area contributed by atoms with Crippen molar-refractivity contribution in [2.75, 3.05) is 19.6 Å². The molecule has 6 heteroatoms. The third-order valence-electron chi connectivity index (χ3n) is 3.56. The smallest absolute Gasteiger partial charge is 0.268 e. The van der Waals surface area contributed by atoms with Crippen molar-refractivity contribution < 1.29 is 10.2 Å². The van der Waals surface area contributed by atoms with E-state index in [4.69, 9.17) is 0 Å². The van der Waals surface area contributed by atoms with Crippen molar-refractivity contribution in [1.82, 2.24) is 8.86 Å². The lowest BCUT2D eigenvalue weighted by molar-refractivity contribution is 0.326. The van der Waals surface area contributed by atoms with Gasteiger partial charge < -0.3 is 15.1 Å². The van der Waals surface area contributed by atoms with E-state index in [1.807, 2.05) is 0 Å². The highest BCUT2D eigenvalue weighted by Gasteiger charge is 2.14. The van der Waals surface area contributed by atoms with Gasteiger partial charge in [0.2, 0.25) is 0 Å². The van der Waals surface area contributed by atoms with Gasteiger partial charge in [-0.2, -0.15) is 0 Å². The number of phenols is 2. The highest BCUT2D eigenvalue weighted by Crippen LogP contribution is 2.30. The van der Waals surface area contributed by atoms with E-state index >= 15 is 0 Å². The zero-order valence-corrected chi connectivity index (χ0v) is 11.3. The van der Waals surface area contributed by atoms with Gasteiger partial charge in [0, 0.05) is 19.2 Å². The van der Waals surface area contributed by atoms with Crippen LogP contribution >= 0.6 is 11.5 Å². The Hall–Kier alpha value is -1.53. The number of hydrogen-bond donors (Lipinski definition) is 2. The summed E-state index contributed by atoms with van der Waals surface area (Å²) >= 11 is 1.34. The lowest BCUT2D eigenvalue weighted by Gasteiger charge is -2.13. The van der Waals surface area contributed by atoms with E-state index in [1.54, 1.807) is 3.96 Å². The normalized spacial score (nSPS) is 16.4. The minimum absolute atomic E-state index is 0.0884. The van der Waals surface area contributed by atoms with Crippen LogP contribution in [0.4, 0.5) is 0 Å². The molecule has 0 saturated carbocycles. The molecule has 0 bridgehead atoms. The van der Waals surface area contributed by atoms with Crippen LogP contribution in [-0.4, -0.2) is 38.7 Å². The van der Waals surface area contributed by atoms with E-state index < -0.39 is 0 Å². The molecule has 3 rings (SSSR count). The van der Waals surface area contributed by atoms with Crippen LogP contribution in [0.1, 0.15) is 12.8 Å². The predicted octanol–water partition coefficient (Wildman–Crippen LogP) is 1.57. The molecule has 0 spiro atoms. The summed E-state index contributed by atoms with van der Waals surface area (Å²) in [6.45, 7) is 3.77. The second-order valence-corrected chi connectivity index (χ2v) is 5.95. The summed E-state index contributed by atoms with van der Waals surface area (Å²) in [7, 11) is 0. The van der Waals surface area contributed by atoms with Gasteiger partial charge in [-0.3, -0.25) is 8.75 Å². The standard InChI is InChI=1S/C13H16N2O3S/c16-10-7-9-12(8-11(10)17)19-15(13(9)18)6-5-14-3-1-2-4-14/h7-8,16-17H,1-6H2. The zero-order chi connectivity index (χ0) is 13.4. The van der Waals surface area contributed by atoms with Crippen molar-refractivity contribution in [3.8, 4) is 11.5 Å². The molecule has 1 fully saturated rings. The second-order valence-electron chi connectivity index (χ2n) is 4.88. The van der Waals surface area contributed by atoms with Crippen LogP contribution in [0.2, 0.25) is 0 Å². The maximum Gasteiger partial charge on any atom is 0.268 e. The van der Waals surface area contributed by atoms with Gasteiger partial charge in [-0.15, -0.1) is 0 Å². The van der Waals surface area contributed by atoms with E-state index in [9.17, 15) is 15.0 Å². The summed E-state index contributed by atoms with van der Waals surface area (Å²) in [6, 6.07) is 2.79. The average molecular weight is 280 g/mol. The molecule has 19 heavy (non-hydrogen) atoms. The summed E-state index contributed by atoms with van der Waals surface area (Å²) in [4.78, 5) is 14.5. The Morgan fingerprint density at radius 2 is 1.79 bits per heavy atom. The van der Waals surface area contributed by atoms with Gasteiger partial charge in [0.05, 0.1) is 10.1 Å². The number of hydrogen-bond acceptors (Lipinski definition) is 5. The Morgan fingerprint density at radius 3 is 2.53 bits per heavy atom. The summed E-state index contributed by atoms with van der Waals surface area (Å²) in [5.74, 6) is -0.422. The molecule has 1 aromatic heterocycles. The van der Waals surface area contributed by atoms with Crippen LogP contribution in [0.15, 0.2) is 16.9 Å². The Bertz CT molecular complexity index is 656. The maximum atomic E-state index is 12.2. The molecule has 0 amide bonds. The summed E-state index contributed by atoms with van der Waals surface area (Å²) < 4.78 is 2.41. The van der Waals surface area contributed by atoms with Gasteiger partial charge in [0.15, 0.2) is 11.5 Å². The summed E-state index contributed by atoms with van der Waals surface area (Å²) in [5, 5.41) is 19.4. The molecule has 1 aliphatic heterocycles. The van der Waals surface area contributed by atoms with Gasteiger partial charge in [-0.05, 0) is 32.0 Å². The first kappa shape index (κ1) is 12.5. The van der Waals surface area contributed by atoms with Gasteiger partial charge >= 0.3 is 0 Å². The van der Waals surface area contributed by atoms with E-state index in [0.29, 0.717) is 16.6 Å². The highest BCUT2D eigenvalue weighted by molar-refractivity contribution is 7.13. The van der Waals surface area contributed by atoms with Crippen molar-refractivity contribution in [2.45, 2.75) is 19.4 Å². The van der Waals surface area contributed by atoms with Gasteiger partial charge in [0.25, 0.3) is 5.56 Å². The Morgan fingerprint density at radius 1 is 1.11 bits per heavy atom. The van der Waals surface area contributed by atoms with Crippen LogP contribution in [0.3, 0.4) is 0 Å². The van der Waals surface area contributed by atoms with Crippen molar-refractivity contribution in [3.05, 3.63) is 22.5 Å². The molecule has 2 N–H and O–H groups in total. The molecular weight excluding hydrogens is 264 g/mol. The molecule has 1 aliphatic rings. The molecule has 0 unspecified atom stereocenters. The van der Waals surface area contributed by atoms with E-state index in [-0.39, 0.29) is 17.1 Å². The maximum absolute atomic E-state index is 12.2. The first-order chi connectivity index (χ1) is 9.15. The van der Waals surface area contributed by atoms with Crippen molar-refractivity contribution in [1.29, 1.82) is 0 Å². The van der Waals surface area contributed by atoms with Crippen LogP contribution in [0, 0.1) is 0 Å². The fraction of sp³-hybridized carbons (Fsp3) is 0.462. The molecule has 0 atom stereocenters. The first-order valence-electron chi connectivity index (χ1n) is 6.43. The van der Waals surface area contributed by atoms with Crippen molar-refractivity contribution >= 4 is 21.6 Å². The largest absolute Gasteiger partial charge is 0.504 e. The van der Waals surface area contributed by atoms with Crippen molar-refractivity contribution in [2.24, 2.45) is 0 Å². The molecule has 5 nitrogen and oxygen atoms in total. The Balaban J connectivity index is 1.87. The third-order valence-corrected chi connectivity index (χ3v) is 4.66. The summed E-state index contributed by atoms with van der Waals surface area (Å²) in [6.07, 6.45) is 2.48. The molecule has 0 radical (unpaired) electrons. The molecule has 2 aromatic rings. The van der Waals surface area contributed by atoms with Gasteiger partial charge in [-0.25, -0.2) is 0 Å². The number of fused-ring (bicyclic) bond motifs is 1. The number of aromatic nitrogens is 1. The molecular formula is C13H16N2O3S. The van der Waals surface area contributed by atoms with E-state index in [2.05, 4.69) is 4.90 Å². The third kappa shape index (κ3) is 2.33. The number of benzene rings is 1. The number of likely N-dealkylation sites (tertiary alicyclic amines) is 1. The van der Waals surface area contributed by atoms with Crippen LogP contribution in [0.5, 0.6) is 11.5 Å². The van der Waals surface area contributed by atoms with Crippen LogP contribution in [-0.2, 0) is 6.54 Å². The van der Waals surface area contributed by atoms with Gasteiger partial charge in [0.1, 0.15) is 0 Å². The van der Waals surface area contributed by atoms with E-state index in [1.165, 1.54) is 36.5 Å². The first-order valence-corrected chi connectivity index (χ1v) is 7.20. The molecule has 2 heterocycles. The molecule has 1 aromatic carbocycles. The quantitative estimate of drug-likeness (QED) is 0.838. The average Bonchev–Trinajstić information content (AvgIpc) is 2.99. The monoisotopic (exact) mass is 280 g/mol.